The minimum absolute atomic E-state index is 0.0944. The summed E-state index contributed by atoms with van der Waals surface area (Å²) >= 11 is 0. The molecule has 1 saturated carbocycles. The molecule has 0 atom stereocenters. The summed E-state index contributed by atoms with van der Waals surface area (Å²) in [6.07, 6.45) is 7.83. The molecule has 1 fully saturated rings. The molecule has 1 aliphatic carbocycles. The van der Waals surface area contributed by atoms with E-state index in [1.54, 1.807) is 0 Å². The monoisotopic (exact) mass is 277 g/mol. The second-order valence-electron chi connectivity index (χ2n) is 6.70. The Hall–Kier alpha value is -1.16. The van der Waals surface area contributed by atoms with Crippen molar-refractivity contribution in [1.29, 1.82) is 0 Å². The van der Waals surface area contributed by atoms with Crippen LogP contribution in [-0.4, -0.2) is 21.8 Å². The quantitative estimate of drug-likeness (QED) is 0.856. The summed E-state index contributed by atoms with van der Waals surface area (Å²) in [5.74, 6) is 0.663. The predicted octanol–water partition coefficient (Wildman–Crippen LogP) is 3.47. The van der Waals surface area contributed by atoms with Gasteiger partial charge in [0.15, 0.2) is 0 Å². The molecule has 1 aromatic heterocycles. The zero-order valence-electron chi connectivity index (χ0n) is 13.0. The molecule has 0 aromatic carbocycles. The van der Waals surface area contributed by atoms with Gasteiger partial charge in [-0.25, -0.2) is 0 Å². The molecule has 4 heteroatoms. The van der Waals surface area contributed by atoms with Gasteiger partial charge in [0.1, 0.15) is 6.10 Å². The van der Waals surface area contributed by atoms with Crippen LogP contribution < -0.4 is 10.1 Å². The Morgan fingerprint density at radius 2 is 1.80 bits per heavy atom. The summed E-state index contributed by atoms with van der Waals surface area (Å²) in [4.78, 5) is 0. The first-order chi connectivity index (χ1) is 9.53. The fourth-order valence-corrected chi connectivity index (χ4v) is 2.39. The zero-order chi connectivity index (χ0) is 14.4. The van der Waals surface area contributed by atoms with Crippen molar-refractivity contribution in [3.05, 3.63) is 17.8 Å². The van der Waals surface area contributed by atoms with Gasteiger partial charge in [-0.1, -0.05) is 12.8 Å². The molecule has 0 aliphatic heterocycles. The highest BCUT2D eigenvalue weighted by Crippen LogP contribution is 2.21. The molecule has 0 radical (unpaired) electrons. The van der Waals surface area contributed by atoms with Crippen molar-refractivity contribution in [2.45, 2.75) is 77.5 Å². The van der Waals surface area contributed by atoms with Crippen LogP contribution in [0.15, 0.2) is 12.1 Å². The third-order valence-electron chi connectivity index (χ3n) is 3.58. The lowest BCUT2D eigenvalue weighted by atomic mass is 10.1. The van der Waals surface area contributed by atoms with E-state index in [2.05, 4.69) is 36.3 Å². The van der Waals surface area contributed by atoms with E-state index in [0.717, 1.165) is 25.1 Å². The number of aromatic nitrogens is 2. The number of nitrogens with zero attached hydrogens (tertiary/aromatic N) is 2. The molecule has 0 amide bonds. The Morgan fingerprint density at radius 3 is 2.35 bits per heavy atom. The Balaban J connectivity index is 1.84. The Bertz CT molecular complexity index is 389. The van der Waals surface area contributed by atoms with Crippen molar-refractivity contribution in [3.63, 3.8) is 0 Å². The third-order valence-corrected chi connectivity index (χ3v) is 3.58. The lowest BCUT2D eigenvalue weighted by molar-refractivity contribution is 0.174. The molecule has 0 saturated heterocycles. The molecule has 1 heterocycles. The molecular formula is C16H27N3O. The Labute approximate surface area is 122 Å². The van der Waals surface area contributed by atoms with Crippen molar-refractivity contribution >= 4 is 0 Å². The van der Waals surface area contributed by atoms with Crippen LogP contribution in [0.5, 0.6) is 5.88 Å². The molecule has 20 heavy (non-hydrogen) atoms. The first-order valence-electron chi connectivity index (χ1n) is 7.77. The van der Waals surface area contributed by atoms with Gasteiger partial charge in [0, 0.05) is 18.2 Å². The normalized spacial score (nSPS) is 17.8. The maximum atomic E-state index is 5.94. The SMILES string of the molecule is CC(C)(C)NCc1ccc(OC2CCCCCC2)nn1. The summed E-state index contributed by atoms with van der Waals surface area (Å²) in [7, 11) is 0. The van der Waals surface area contributed by atoms with Crippen LogP contribution in [0.3, 0.4) is 0 Å². The van der Waals surface area contributed by atoms with Crippen molar-refractivity contribution in [3.8, 4) is 5.88 Å². The number of hydrogen-bond donors (Lipinski definition) is 1. The average Bonchev–Trinajstić information content (AvgIpc) is 2.66. The lowest BCUT2D eigenvalue weighted by Gasteiger charge is -2.20. The molecular weight excluding hydrogens is 250 g/mol. The van der Waals surface area contributed by atoms with E-state index < -0.39 is 0 Å². The maximum Gasteiger partial charge on any atom is 0.233 e. The third kappa shape index (κ3) is 5.45. The standard InChI is InChI=1S/C16H27N3O/c1-16(2,3)17-12-13-10-11-15(19-18-13)20-14-8-6-4-5-7-9-14/h10-11,14,17H,4-9,12H2,1-3H3. The fourth-order valence-electron chi connectivity index (χ4n) is 2.39. The number of nitrogens with one attached hydrogen (secondary N) is 1. The van der Waals surface area contributed by atoms with Crippen LogP contribution in [-0.2, 0) is 6.54 Å². The van der Waals surface area contributed by atoms with Crippen LogP contribution >= 0.6 is 0 Å². The van der Waals surface area contributed by atoms with Gasteiger partial charge in [-0.2, -0.15) is 5.10 Å². The van der Waals surface area contributed by atoms with E-state index >= 15 is 0 Å². The van der Waals surface area contributed by atoms with Gasteiger partial charge < -0.3 is 10.1 Å². The molecule has 0 spiro atoms. The maximum absolute atomic E-state index is 5.94. The van der Waals surface area contributed by atoms with E-state index in [0.29, 0.717) is 12.0 Å². The van der Waals surface area contributed by atoms with E-state index in [4.69, 9.17) is 4.74 Å². The van der Waals surface area contributed by atoms with Crippen molar-refractivity contribution in [2.75, 3.05) is 0 Å². The summed E-state index contributed by atoms with van der Waals surface area (Å²) in [5, 5.41) is 11.8. The van der Waals surface area contributed by atoms with Gasteiger partial charge in [0.2, 0.25) is 5.88 Å². The average molecular weight is 277 g/mol. The number of rotatable bonds is 4. The molecule has 0 bridgehead atoms. The molecule has 112 valence electrons. The van der Waals surface area contributed by atoms with Crippen molar-refractivity contribution < 1.29 is 4.74 Å². The van der Waals surface area contributed by atoms with Gasteiger partial charge in [-0.15, -0.1) is 5.10 Å². The van der Waals surface area contributed by atoms with Crippen LogP contribution in [0.4, 0.5) is 0 Å². The fraction of sp³-hybridized carbons (Fsp3) is 0.750. The van der Waals surface area contributed by atoms with Gasteiger partial charge >= 0.3 is 0 Å². The molecule has 0 unspecified atom stereocenters. The number of hydrogen-bond acceptors (Lipinski definition) is 4. The van der Waals surface area contributed by atoms with Gasteiger partial charge in [0.05, 0.1) is 5.69 Å². The highest BCUT2D eigenvalue weighted by molar-refractivity contribution is 5.12. The van der Waals surface area contributed by atoms with E-state index in [9.17, 15) is 0 Å². The first-order valence-corrected chi connectivity index (χ1v) is 7.77. The molecule has 4 nitrogen and oxygen atoms in total. The minimum Gasteiger partial charge on any atom is -0.473 e. The van der Waals surface area contributed by atoms with Crippen LogP contribution in [0.2, 0.25) is 0 Å². The highest BCUT2D eigenvalue weighted by atomic mass is 16.5. The largest absolute Gasteiger partial charge is 0.473 e. The summed E-state index contributed by atoms with van der Waals surface area (Å²) in [6, 6.07) is 3.94. The van der Waals surface area contributed by atoms with E-state index in [1.165, 1.54) is 25.7 Å². The van der Waals surface area contributed by atoms with Gasteiger partial charge in [0.25, 0.3) is 0 Å². The van der Waals surface area contributed by atoms with Crippen LogP contribution in [0.25, 0.3) is 0 Å². The van der Waals surface area contributed by atoms with Crippen molar-refractivity contribution in [1.82, 2.24) is 15.5 Å². The number of ether oxygens (including phenoxy) is 1. The van der Waals surface area contributed by atoms with E-state index in [1.807, 2.05) is 12.1 Å². The van der Waals surface area contributed by atoms with Gasteiger partial charge in [-0.05, 0) is 52.5 Å². The summed E-state index contributed by atoms with van der Waals surface area (Å²) in [5.41, 5.74) is 1.05. The molecule has 1 aliphatic rings. The van der Waals surface area contributed by atoms with Crippen LogP contribution in [0, 0.1) is 0 Å². The molecule has 1 N–H and O–H groups in total. The van der Waals surface area contributed by atoms with E-state index in [-0.39, 0.29) is 5.54 Å². The Kier molecular flexibility index (Phi) is 5.35. The van der Waals surface area contributed by atoms with Crippen molar-refractivity contribution in [2.24, 2.45) is 0 Å². The summed E-state index contributed by atoms with van der Waals surface area (Å²) in [6.45, 7) is 7.16. The first kappa shape index (κ1) is 15.2. The smallest absolute Gasteiger partial charge is 0.233 e. The predicted molar refractivity (Wildman–Crippen MR) is 80.7 cm³/mol. The zero-order valence-corrected chi connectivity index (χ0v) is 13.0. The lowest BCUT2D eigenvalue weighted by Crippen LogP contribution is -2.35. The second-order valence-corrected chi connectivity index (χ2v) is 6.70. The molecule has 2 rings (SSSR count). The topological polar surface area (TPSA) is 47.0 Å². The van der Waals surface area contributed by atoms with Gasteiger partial charge in [-0.3, -0.25) is 0 Å². The molecule has 1 aromatic rings. The van der Waals surface area contributed by atoms with Crippen LogP contribution in [0.1, 0.15) is 65.0 Å². The minimum atomic E-state index is 0.0944. The Morgan fingerprint density at radius 1 is 1.10 bits per heavy atom. The second kappa shape index (κ2) is 7.02. The highest BCUT2D eigenvalue weighted by Gasteiger charge is 2.14. The summed E-state index contributed by atoms with van der Waals surface area (Å²) < 4.78 is 5.94.